The molecule has 0 aliphatic carbocycles. The number of amides is 3. The minimum atomic E-state index is -0.0981. The highest BCUT2D eigenvalue weighted by Crippen LogP contribution is 2.23. The zero-order valence-corrected chi connectivity index (χ0v) is 18.3. The largest absolute Gasteiger partial charge is 0.348 e. The fraction of sp³-hybridized carbons (Fsp3) is 0.440. The van der Waals surface area contributed by atoms with Crippen LogP contribution in [0.3, 0.4) is 0 Å². The quantitative estimate of drug-likeness (QED) is 0.722. The first kappa shape index (κ1) is 21.4. The van der Waals surface area contributed by atoms with E-state index < -0.39 is 0 Å². The van der Waals surface area contributed by atoms with Gasteiger partial charge >= 0.3 is 6.03 Å². The van der Waals surface area contributed by atoms with Gasteiger partial charge in [0.2, 0.25) is 0 Å². The highest BCUT2D eigenvalue weighted by atomic mass is 16.2. The minimum absolute atomic E-state index is 0.0583. The Morgan fingerprint density at radius 3 is 2.77 bits per heavy atom. The van der Waals surface area contributed by atoms with E-state index in [0.717, 1.165) is 56.6 Å². The Morgan fingerprint density at radius 1 is 1.16 bits per heavy atom. The molecule has 0 radical (unpaired) electrons. The van der Waals surface area contributed by atoms with E-state index in [9.17, 15) is 9.59 Å². The number of aryl methyl sites for hydroxylation is 2. The van der Waals surface area contributed by atoms with Crippen LogP contribution in [-0.4, -0.2) is 55.6 Å². The maximum atomic E-state index is 12.9. The molecule has 0 spiro atoms. The monoisotopic (exact) mass is 420 g/mol. The van der Waals surface area contributed by atoms with Gasteiger partial charge < -0.3 is 15.5 Å². The van der Waals surface area contributed by atoms with E-state index in [-0.39, 0.29) is 18.0 Å². The Kier molecular flexibility index (Phi) is 6.87. The maximum Gasteiger partial charge on any atom is 0.322 e. The molecule has 2 fully saturated rings. The number of nitrogens with one attached hydrogen (secondary N) is 2. The van der Waals surface area contributed by atoms with Crippen LogP contribution in [0, 0.1) is 6.92 Å². The van der Waals surface area contributed by atoms with Crippen LogP contribution in [0.5, 0.6) is 0 Å². The highest BCUT2D eigenvalue weighted by molar-refractivity contribution is 5.99. The molecule has 164 valence electrons. The summed E-state index contributed by atoms with van der Waals surface area (Å²) in [7, 11) is 0. The fourth-order valence-electron chi connectivity index (χ4n) is 4.54. The van der Waals surface area contributed by atoms with Crippen molar-refractivity contribution in [2.45, 2.75) is 38.6 Å². The Hall–Kier alpha value is -2.86. The molecule has 2 heterocycles. The number of urea groups is 1. The van der Waals surface area contributed by atoms with Crippen molar-refractivity contribution in [3.8, 4) is 0 Å². The van der Waals surface area contributed by atoms with E-state index >= 15 is 0 Å². The predicted molar refractivity (Wildman–Crippen MR) is 124 cm³/mol. The first-order valence-corrected chi connectivity index (χ1v) is 11.3. The summed E-state index contributed by atoms with van der Waals surface area (Å²) in [6.45, 7) is 6.28. The lowest BCUT2D eigenvalue weighted by atomic mass is 10.0. The number of anilines is 1. The van der Waals surface area contributed by atoms with Gasteiger partial charge in [-0.15, -0.1) is 0 Å². The van der Waals surface area contributed by atoms with E-state index in [2.05, 4.69) is 45.9 Å². The highest BCUT2D eigenvalue weighted by Gasteiger charge is 2.25. The van der Waals surface area contributed by atoms with Crippen LogP contribution in [-0.2, 0) is 6.42 Å². The van der Waals surface area contributed by atoms with Crippen LogP contribution in [0.2, 0.25) is 0 Å². The molecule has 4 rings (SSSR count). The molecule has 2 aromatic rings. The Labute approximate surface area is 184 Å². The summed E-state index contributed by atoms with van der Waals surface area (Å²) in [5.74, 6) is -0.0583. The second kappa shape index (κ2) is 9.96. The molecule has 1 atom stereocenters. The molecule has 2 aliphatic heterocycles. The lowest BCUT2D eigenvalue weighted by molar-refractivity contribution is 0.0903. The van der Waals surface area contributed by atoms with E-state index in [1.165, 1.54) is 5.56 Å². The third-order valence-corrected chi connectivity index (χ3v) is 6.24. The summed E-state index contributed by atoms with van der Waals surface area (Å²) in [5, 5.41) is 6.04. The number of carbonyl (C=O) groups excluding carboxylic acids is 2. The molecule has 0 aromatic heterocycles. The Balaban J connectivity index is 1.31. The second-order valence-electron chi connectivity index (χ2n) is 8.59. The first-order chi connectivity index (χ1) is 15.1. The van der Waals surface area contributed by atoms with Gasteiger partial charge in [0.15, 0.2) is 0 Å². The number of carbonyl (C=O) groups is 2. The van der Waals surface area contributed by atoms with Crippen molar-refractivity contribution in [1.29, 1.82) is 0 Å². The molecular formula is C25H32N4O2. The second-order valence-corrected chi connectivity index (χ2v) is 8.59. The van der Waals surface area contributed by atoms with Gasteiger partial charge in [-0.2, -0.15) is 0 Å². The summed E-state index contributed by atoms with van der Waals surface area (Å²) in [5.41, 5.74) is 3.80. The molecule has 6 nitrogen and oxygen atoms in total. The standard InChI is InChI=1S/C25H32N4O2/c1-19-11-12-21(17-23(19)29-16-13-26-25(29)31)24(30)27-22-10-6-15-28(18-22)14-5-9-20-7-3-2-4-8-20/h2-4,7-8,11-12,17,22H,5-6,9-10,13-16,18H2,1H3,(H,26,31)(H,27,30)/t22-/m1/s1. The lowest BCUT2D eigenvalue weighted by Gasteiger charge is -2.33. The van der Waals surface area contributed by atoms with Crippen molar-refractivity contribution in [3.63, 3.8) is 0 Å². The number of nitrogens with zero attached hydrogens (tertiary/aromatic N) is 2. The number of likely N-dealkylation sites (tertiary alicyclic amines) is 1. The van der Waals surface area contributed by atoms with E-state index in [0.29, 0.717) is 18.7 Å². The van der Waals surface area contributed by atoms with Gasteiger partial charge in [0.05, 0.1) is 0 Å². The van der Waals surface area contributed by atoms with Crippen molar-refractivity contribution in [2.75, 3.05) is 37.6 Å². The van der Waals surface area contributed by atoms with Gasteiger partial charge in [0.25, 0.3) is 5.91 Å². The SMILES string of the molecule is Cc1ccc(C(=O)N[C@@H]2CCCN(CCCc3ccccc3)C2)cc1N1CCNC1=O. The summed E-state index contributed by atoms with van der Waals surface area (Å²) < 4.78 is 0. The number of hydrogen-bond donors (Lipinski definition) is 2. The van der Waals surface area contributed by atoms with Crippen LogP contribution in [0.1, 0.15) is 40.7 Å². The first-order valence-electron chi connectivity index (χ1n) is 11.3. The number of benzene rings is 2. The molecule has 6 heteroatoms. The minimum Gasteiger partial charge on any atom is -0.348 e. The molecular weight excluding hydrogens is 388 g/mol. The molecule has 2 aromatic carbocycles. The third kappa shape index (κ3) is 5.44. The van der Waals surface area contributed by atoms with Crippen molar-refractivity contribution in [3.05, 3.63) is 65.2 Å². The molecule has 31 heavy (non-hydrogen) atoms. The lowest BCUT2D eigenvalue weighted by Crippen LogP contribution is -2.48. The molecule has 2 aliphatic rings. The zero-order valence-electron chi connectivity index (χ0n) is 18.3. The van der Waals surface area contributed by atoms with Gasteiger partial charge in [-0.25, -0.2) is 4.79 Å². The molecule has 3 amide bonds. The summed E-state index contributed by atoms with van der Waals surface area (Å²) in [6.07, 6.45) is 4.33. The topological polar surface area (TPSA) is 64.7 Å². The van der Waals surface area contributed by atoms with Gasteiger partial charge in [-0.05, 0) is 69.0 Å². The number of piperidine rings is 1. The van der Waals surface area contributed by atoms with Gasteiger partial charge in [0.1, 0.15) is 0 Å². The van der Waals surface area contributed by atoms with Crippen molar-refractivity contribution in [1.82, 2.24) is 15.5 Å². The van der Waals surface area contributed by atoms with Crippen LogP contribution in [0.25, 0.3) is 0 Å². The molecule has 0 unspecified atom stereocenters. The third-order valence-electron chi connectivity index (χ3n) is 6.24. The fourth-order valence-corrected chi connectivity index (χ4v) is 4.54. The number of rotatable bonds is 7. The normalized spacial score (nSPS) is 19.3. The molecule has 2 N–H and O–H groups in total. The van der Waals surface area contributed by atoms with Crippen molar-refractivity contribution in [2.24, 2.45) is 0 Å². The van der Waals surface area contributed by atoms with Crippen LogP contribution < -0.4 is 15.5 Å². The maximum absolute atomic E-state index is 12.9. The molecule has 0 bridgehead atoms. The van der Waals surface area contributed by atoms with E-state index in [1.807, 2.05) is 25.1 Å². The average Bonchev–Trinajstić information content (AvgIpc) is 3.21. The van der Waals surface area contributed by atoms with Crippen LogP contribution >= 0.6 is 0 Å². The van der Waals surface area contributed by atoms with Crippen LogP contribution in [0.4, 0.5) is 10.5 Å². The summed E-state index contributed by atoms with van der Waals surface area (Å²) in [4.78, 5) is 29.2. The smallest absolute Gasteiger partial charge is 0.322 e. The molecule has 2 saturated heterocycles. The van der Waals surface area contributed by atoms with Gasteiger partial charge in [-0.3, -0.25) is 9.69 Å². The predicted octanol–water partition coefficient (Wildman–Crippen LogP) is 3.35. The Bertz CT molecular complexity index is 915. The Morgan fingerprint density at radius 2 is 2.00 bits per heavy atom. The molecule has 0 saturated carbocycles. The van der Waals surface area contributed by atoms with Crippen LogP contribution in [0.15, 0.2) is 48.5 Å². The summed E-state index contributed by atoms with van der Waals surface area (Å²) in [6, 6.07) is 16.3. The zero-order chi connectivity index (χ0) is 21.6. The van der Waals surface area contributed by atoms with Crippen molar-refractivity contribution < 1.29 is 9.59 Å². The van der Waals surface area contributed by atoms with Crippen molar-refractivity contribution >= 4 is 17.6 Å². The average molecular weight is 421 g/mol. The van der Waals surface area contributed by atoms with Gasteiger partial charge in [-0.1, -0.05) is 36.4 Å². The number of hydrogen-bond acceptors (Lipinski definition) is 3. The van der Waals surface area contributed by atoms with E-state index in [1.54, 1.807) is 4.90 Å². The van der Waals surface area contributed by atoms with E-state index in [4.69, 9.17) is 0 Å². The van der Waals surface area contributed by atoms with Gasteiger partial charge in [0, 0.05) is 36.9 Å². The summed E-state index contributed by atoms with van der Waals surface area (Å²) >= 11 is 0.